The summed E-state index contributed by atoms with van der Waals surface area (Å²) in [4.78, 5) is 34.0. The van der Waals surface area contributed by atoms with Gasteiger partial charge in [-0.15, -0.1) is 0 Å². The van der Waals surface area contributed by atoms with Crippen LogP contribution in [0.4, 0.5) is 64.1 Å². The Morgan fingerprint density at radius 1 is 0.953 bits per heavy atom. The quantitative estimate of drug-likeness (QED) is 0.224. The Morgan fingerprint density at radius 3 is 2.16 bits per heavy atom. The Kier molecular flexibility index (Phi) is 7.97. The Hall–Kier alpha value is -3.87. The summed E-state index contributed by atoms with van der Waals surface area (Å²) in [7, 11) is 0. The Morgan fingerprint density at radius 2 is 1.58 bits per heavy atom. The van der Waals surface area contributed by atoms with E-state index in [4.69, 9.17) is 4.84 Å². The third-order valence-electron chi connectivity index (χ3n) is 5.98. The van der Waals surface area contributed by atoms with Crippen molar-refractivity contribution in [1.29, 1.82) is 0 Å². The van der Waals surface area contributed by atoms with Gasteiger partial charge < -0.3 is 5.32 Å². The number of anilines is 2. The van der Waals surface area contributed by atoms with Crippen molar-refractivity contribution in [3.05, 3.63) is 86.6 Å². The SMILES string of the molecule is O=C(Nc1c(Br)cc(C(F)(C(F)(F)F)C(F)(F)F)cc1C(F)(F)F)c1cccc(N2OCc3cc(F)ncc3C2=O)c1F. The predicted octanol–water partition coefficient (Wildman–Crippen LogP) is 7.77. The second-order valence-electron chi connectivity index (χ2n) is 8.66. The molecule has 0 radical (unpaired) electrons. The molecule has 6 nitrogen and oxygen atoms in total. The van der Waals surface area contributed by atoms with Crippen molar-refractivity contribution < 1.29 is 67.1 Å². The van der Waals surface area contributed by atoms with Crippen LogP contribution in [0.2, 0.25) is 0 Å². The van der Waals surface area contributed by atoms with Crippen LogP contribution in [0, 0.1) is 11.8 Å². The fourth-order valence-corrected chi connectivity index (χ4v) is 4.50. The number of rotatable bonds is 4. The first kappa shape index (κ1) is 32.1. The van der Waals surface area contributed by atoms with Gasteiger partial charge in [0.1, 0.15) is 12.3 Å². The molecule has 1 aromatic heterocycles. The van der Waals surface area contributed by atoms with E-state index in [0.717, 1.165) is 24.4 Å². The molecule has 0 aliphatic carbocycles. The van der Waals surface area contributed by atoms with E-state index in [1.165, 1.54) is 5.32 Å². The van der Waals surface area contributed by atoms with E-state index in [1.54, 1.807) is 0 Å². The zero-order valence-electron chi connectivity index (χ0n) is 20.3. The summed E-state index contributed by atoms with van der Waals surface area (Å²) in [6, 6.07) is 2.38. The van der Waals surface area contributed by atoms with Crippen molar-refractivity contribution in [1.82, 2.24) is 4.98 Å². The molecule has 2 amide bonds. The van der Waals surface area contributed by atoms with Gasteiger partial charge in [-0.2, -0.15) is 49.0 Å². The first-order valence-electron chi connectivity index (χ1n) is 11.1. The lowest BCUT2D eigenvalue weighted by Crippen LogP contribution is -2.50. The van der Waals surface area contributed by atoms with E-state index in [9.17, 15) is 57.9 Å². The van der Waals surface area contributed by atoms with Gasteiger partial charge in [0.05, 0.1) is 22.4 Å². The molecular weight excluding hydrogens is 686 g/mol. The fraction of sp³-hybridized carbons (Fsp3) is 0.208. The molecule has 1 aliphatic heterocycles. The second kappa shape index (κ2) is 10.7. The van der Waals surface area contributed by atoms with Crippen molar-refractivity contribution in [2.24, 2.45) is 0 Å². The second-order valence-corrected chi connectivity index (χ2v) is 9.52. The van der Waals surface area contributed by atoms with Gasteiger partial charge in [-0.3, -0.25) is 14.4 Å². The van der Waals surface area contributed by atoms with Crippen LogP contribution in [0.25, 0.3) is 0 Å². The first-order valence-corrected chi connectivity index (χ1v) is 11.9. The normalized spacial score (nSPS) is 14.5. The number of carbonyl (C=O) groups excluding carboxylic acids is 2. The molecule has 230 valence electrons. The number of hydroxylamine groups is 1. The molecule has 3 aromatic rings. The minimum atomic E-state index is -6.75. The van der Waals surface area contributed by atoms with E-state index in [-0.39, 0.29) is 17.2 Å². The van der Waals surface area contributed by atoms with Crippen molar-refractivity contribution in [3.8, 4) is 0 Å². The molecule has 1 N–H and O–H groups in total. The van der Waals surface area contributed by atoms with Gasteiger partial charge in [0.15, 0.2) is 5.82 Å². The Balaban J connectivity index is 1.75. The van der Waals surface area contributed by atoms with E-state index >= 15 is 4.39 Å². The van der Waals surface area contributed by atoms with Crippen molar-refractivity contribution in [2.75, 3.05) is 10.4 Å². The monoisotopic (exact) mass is 695 g/mol. The fourth-order valence-electron chi connectivity index (χ4n) is 3.94. The van der Waals surface area contributed by atoms with Crippen molar-refractivity contribution in [2.45, 2.75) is 30.8 Å². The molecular formula is C24H10BrF12N3O3. The highest BCUT2D eigenvalue weighted by atomic mass is 79.9. The molecule has 0 atom stereocenters. The maximum Gasteiger partial charge on any atom is 0.435 e. The number of alkyl halides is 10. The van der Waals surface area contributed by atoms with Gasteiger partial charge in [0.25, 0.3) is 11.8 Å². The molecule has 0 bridgehead atoms. The molecule has 4 rings (SSSR count). The average molecular weight is 696 g/mol. The molecule has 0 unspecified atom stereocenters. The summed E-state index contributed by atoms with van der Waals surface area (Å²) in [5, 5.41) is 1.88. The number of hydrogen-bond donors (Lipinski definition) is 1. The van der Waals surface area contributed by atoms with Crippen LogP contribution >= 0.6 is 15.9 Å². The number of nitrogens with one attached hydrogen (secondary N) is 1. The third-order valence-corrected chi connectivity index (χ3v) is 6.60. The van der Waals surface area contributed by atoms with Crippen molar-refractivity contribution in [3.63, 3.8) is 0 Å². The maximum absolute atomic E-state index is 15.4. The number of halogens is 13. The number of carbonyl (C=O) groups is 2. The number of nitrogens with zero attached hydrogens (tertiary/aromatic N) is 2. The van der Waals surface area contributed by atoms with Crippen LogP contribution in [-0.2, 0) is 23.3 Å². The smallest absolute Gasteiger partial charge is 0.320 e. The van der Waals surface area contributed by atoms with Gasteiger partial charge in [0.2, 0.25) is 5.95 Å². The van der Waals surface area contributed by atoms with Crippen LogP contribution in [0.15, 0.2) is 47.1 Å². The summed E-state index contributed by atoms with van der Waals surface area (Å²) in [5.41, 5.74) is -14.6. The minimum absolute atomic E-state index is 0.0318. The number of benzene rings is 2. The van der Waals surface area contributed by atoms with Crippen LogP contribution in [-0.4, -0.2) is 29.2 Å². The summed E-state index contributed by atoms with van der Waals surface area (Å²) < 4.78 is 162. The number of pyridine rings is 1. The molecule has 0 fully saturated rings. The van der Waals surface area contributed by atoms with E-state index in [0.29, 0.717) is 11.1 Å². The third kappa shape index (κ3) is 5.62. The molecule has 2 heterocycles. The number of fused-ring (bicyclic) bond motifs is 1. The lowest BCUT2D eigenvalue weighted by molar-refractivity contribution is -0.348. The largest absolute Gasteiger partial charge is 0.435 e. The number of hydrogen-bond acceptors (Lipinski definition) is 4. The van der Waals surface area contributed by atoms with Crippen LogP contribution in [0.3, 0.4) is 0 Å². The van der Waals surface area contributed by atoms with E-state index < -0.39 is 93.0 Å². The molecule has 0 spiro atoms. The Labute approximate surface area is 239 Å². The summed E-state index contributed by atoms with van der Waals surface area (Å²) in [6.45, 7) is -0.476. The molecule has 19 heteroatoms. The van der Waals surface area contributed by atoms with Gasteiger partial charge in [0, 0.05) is 16.2 Å². The van der Waals surface area contributed by atoms with E-state index in [1.807, 2.05) is 0 Å². The van der Waals surface area contributed by atoms with Gasteiger partial charge in [-0.05, 0) is 51.8 Å². The van der Waals surface area contributed by atoms with Crippen molar-refractivity contribution >= 4 is 39.1 Å². The van der Waals surface area contributed by atoms with E-state index in [2.05, 4.69) is 20.9 Å². The van der Waals surface area contributed by atoms with Gasteiger partial charge >= 0.3 is 24.2 Å². The lowest BCUT2D eigenvalue weighted by Gasteiger charge is -2.31. The first-order chi connectivity index (χ1) is 19.7. The molecule has 1 aliphatic rings. The van der Waals surface area contributed by atoms with Gasteiger partial charge in [-0.1, -0.05) is 6.07 Å². The molecule has 0 saturated carbocycles. The highest BCUT2D eigenvalue weighted by Gasteiger charge is 2.73. The zero-order valence-corrected chi connectivity index (χ0v) is 21.9. The zero-order chi connectivity index (χ0) is 32.3. The molecule has 0 saturated heterocycles. The average Bonchev–Trinajstić information content (AvgIpc) is 2.87. The maximum atomic E-state index is 15.4. The van der Waals surface area contributed by atoms with Crippen LogP contribution in [0.5, 0.6) is 0 Å². The highest BCUT2D eigenvalue weighted by Crippen LogP contribution is 2.55. The van der Waals surface area contributed by atoms with Crippen LogP contribution < -0.4 is 10.4 Å². The number of amides is 2. The highest BCUT2D eigenvalue weighted by molar-refractivity contribution is 9.10. The molecule has 2 aromatic carbocycles. The Bertz CT molecular complexity index is 1610. The standard InChI is InChI=1S/C24H10BrF12N3O3/c25-14-6-10(21(28,23(32,33)34)24(35,36)37)5-13(22(29,30)31)18(14)39-19(41)11-2-1-3-15(17(11)27)40-20(42)12-7-38-16(26)4-9(12)8-43-40/h1-7H,8H2,(H,39,41). The number of aromatic nitrogens is 1. The topological polar surface area (TPSA) is 71.5 Å². The summed E-state index contributed by atoms with van der Waals surface area (Å²) in [6.07, 6.45) is -18.4. The summed E-state index contributed by atoms with van der Waals surface area (Å²) >= 11 is 2.33. The minimum Gasteiger partial charge on any atom is -0.320 e. The van der Waals surface area contributed by atoms with Gasteiger partial charge in [-0.25, -0.2) is 13.8 Å². The molecule has 43 heavy (non-hydrogen) atoms. The lowest BCUT2D eigenvalue weighted by atomic mass is 9.92. The summed E-state index contributed by atoms with van der Waals surface area (Å²) in [5.74, 6) is -5.32. The predicted molar refractivity (Wildman–Crippen MR) is 124 cm³/mol. The van der Waals surface area contributed by atoms with Crippen LogP contribution in [0.1, 0.15) is 37.4 Å².